The minimum absolute atomic E-state index is 0.185. The van der Waals surface area contributed by atoms with Crippen molar-refractivity contribution in [3.8, 4) is 0 Å². The monoisotopic (exact) mass is 259 g/mol. The first-order valence-corrected chi connectivity index (χ1v) is 8.27. The average molecular weight is 259 g/mol. The molecule has 2 nitrogen and oxygen atoms in total. The molecule has 0 bridgehead atoms. The summed E-state index contributed by atoms with van der Waals surface area (Å²) in [4.78, 5) is 0. The lowest BCUT2D eigenvalue weighted by Crippen LogP contribution is -2.44. The molecule has 0 aromatic heterocycles. The Morgan fingerprint density at radius 1 is 1.35 bits per heavy atom. The maximum atomic E-state index is 12.4. The van der Waals surface area contributed by atoms with Crippen LogP contribution in [0.25, 0.3) is 0 Å². The van der Waals surface area contributed by atoms with Gasteiger partial charge in [-0.1, -0.05) is 40.5 Å². The highest BCUT2D eigenvalue weighted by atomic mass is 32.2. The van der Waals surface area contributed by atoms with Gasteiger partial charge >= 0.3 is 0 Å². The summed E-state index contributed by atoms with van der Waals surface area (Å²) in [6, 6.07) is 0.348. The lowest BCUT2D eigenvalue weighted by molar-refractivity contribution is 0.302. The standard InChI is InChI=1S/C14H29NOS/c1-11-7-6-8-12(9-11)17(16)10-13(15-5)14(2,3)4/h11-13,15H,6-10H2,1-5H3. The average Bonchev–Trinajstić information content (AvgIpc) is 2.23. The zero-order chi connectivity index (χ0) is 13.1. The van der Waals surface area contributed by atoms with Gasteiger partial charge in [-0.25, -0.2) is 0 Å². The lowest BCUT2D eigenvalue weighted by atomic mass is 9.88. The fourth-order valence-corrected chi connectivity index (χ4v) is 4.92. The van der Waals surface area contributed by atoms with Crippen LogP contribution >= 0.6 is 0 Å². The number of nitrogens with one attached hydrogen (secondary N) is 1. The topological polar surface area (TPSA) is 29.1 Å². The molecule has 102 valence electrons. The van der Waals surface area contributed by atoms with Crippen LogP contribution in [0.3, 0.4) is 0 Å². The second-order valence-electron chi connectivity index (χ2n) is 6.65. The minimum Gasteiger partial charge on any atom is -0.316 e. The second-order valence-corrected chi connectivity index (χ2v) is 8.41. The van der Waals surface area contributed by atoms with E-state index in [2.05, 4.69) is 33.0 Å². The van der Waals surface area contributed by atoms with Crippen LogP contribution in [0.5, 0.6) is 0 Å². The van der Waals surface area contributed by atoms with Crippen LogP contribution in [-0.4, -0.2) is 28.3 Å². The van der Waals surface area contributed by atoms with Gasteiger partial charge in [-0.2, -0.15) is 0 Å². The summed E-state index contributed by atoms with van der Waals surface area (Å²) >= 11 is 0. The number of hydrogen-bond donors (Lipinski definition) is 1. The van der Waals surface area contributed by atoms with Crippen molar-refractivity contribution in [1.29, 1.82) is 0 Å². The first kappa shape index (κ1) is 15.2. The van der Waals surface area contributed by atoms with Crippen LogP contribution in [0.15, 0.2) is 0 Å². The Bertz CT molecular complexity index is 259. The molecule has 1 aliphatic carbocycles. The molecule has 0 spiro atoms. The zero-order valence-electron chi connectivity index (χ0n) is 12.1. The van der Waals surface area contributed by atoms with E-state index in [0.29, 0.717) is 11.3 Å². The van der Waals surface area contributed by atoms with Gasteiger partial charge in [-0.05, 0) is 31.2 Å². The van der Waals surface area contributed by atoms with E-state index in [9.17, 15) is 4.21 Å². The molecule has 1 N–H and O–H groups in total. The van der Waals surface area contributed by atoms with Crippen molar-refractivity contribution < 1.29 is 4.21 Å². The van der Waals surface area contributed by atoms with Gasteiger partial charge in [0.2, 0.25) is 0 Å². The van der Waals surface area contributed by atoms with E-state index < -0.39 is 10.8 Å². The van der Waals surface area contributed by atoms with E-state index >= 15 is 0 Å². The Kier molecular flexibility index (Phi) is 5.65. The molecule has 17 heavy (non-hydrogen) atoms. The molecule has 1 fully saturated rings. The zero-order valence-corrected chi connectivity index (χ0v) is 12.9. The van der Waals surface area contributed by atoms with Gasteiger partial charge in [0.05, 0.1) is 0 Å². The third-order valence-electron chi connectivity index (χ3n) is 3.98. The molecule has 0 aliphatic heterocycles. The largest absolute Gasteiger partial charge is 0.316 e. The molecule has 1 saturated carbocycles. The van der Waals surface area contributed by atoms with Gasteiger partial charge in [-0.15, -0.1) is 0 Å². The summed E-state index contributed by atoms with van der Waals surface area (Å²) in [5.74, 6) is 1.57. The smallest absolute Gasteiger partial charge is 0.0396 e. The van der Waals surface area contributed by atoms with Crippen LogP contribution in [0.4, 0.5) is 0 Å². The molecule has 1 aliphatic rings. The Balaban J connectivity index is 2.52. The van der Waals surface area contributed by atoms with Crippen LogP contribution < -0.4 is 5.32 Å². The molecule has 0 heterocycles. The molecule has 3 heteroatoms. The third-order valence-corrected chi connectivity index (χ3v) is 5.82. The minimum atomic E-state index is -0.666. The highest BCUT2D eigenvalue weighted by Crippen LogP contribution is 2.28. The molecule has 0 aromatic carbocycles. The summed E-state index contributed by atoms with van der Waals surface area (Å²) in [5.41, 5.74) is 0.185. The molecule has 4 atom stereocenters. The van der Waals surface area contributed by atoms with Crippen molar-refractivity contribution in [2.24, 2.45) is 11.3 Å². The first-order valence-electron chi connectivity index (χ1n) is 6.89. The Morgan fingerprint density at radius 3 is 2.47 bits per heavy atom. The molecule has 0 amide bonds. The van der Waals surface area contributed by atoms with Crippen molar-refractivity contribution in [1.82, 2.24) is 5.32 Å². The van der Waals surface area contributed by atoms with Gasteiger partial charge in [0.1, 0.15) is 0 Å². The van der Waals surface area contributed by atoms with Crippen LogP contribution in [-0.2, 0) is 10.8 Å². The van der Waals surface area contributed by atoms with E-state index in [4.69, 9.17) is 0 Å². The van der Waals surface area contributed by atoms with Gasteiger partial charge in [0.15, 0.2) is 0 Å². The van der Waals surface area contributed by atoms with Gasteiger partial charge in [0, 0.05) is 27.8 Å². The lowest BCUT2D eigenvalue weighted by Gasteiger charge is -2.33. The maximum absolute atomic E-state index is 12.4. The molecule has 0 saturated heterocycles. The molecule has 4 unspecified atom stereocenters. The summed E-state index contributed by atoms with van der Waals surface area (Å²) < 4.78 is 12.4. The van der Waals surface area contributed by atoms with Crippen molar-refractivity contribution in [3.63, 3.8) is 0 Å². The highest BCUT2D eigenvalue weighted by Gasteiger charge is 2.29. The van der Waals surface area contributed by atoms with Crippen LogP contribution in [0, 0.1) is 11.3 Å². The molecular weight excluding hydrogens is 230 g/mol. The molecule has 0 radical (unpaired) electrons. The SMILES string of the molecule is CNC(CS(=O)C1CCCC(C)C1)C(C)(C)C. The normalized spacial score (nSPS) is 29.9. The van der Waals surface area contributed by atoms with Crippen molar-refractivity contribution in [2.75, 3.05) is 12.8 Å². The van der Waals surface area contributed by atoms with E-state index in [0.717, 1.165) is 24.5 Å². The van der Waals surface area contributed by atoms with Gasteiger partial charge in [0.25, 0.3) is 0 Å². The van der Waals surface area contributed by atoms with Crippen LogP contribution in [0.1, 0.15) is 53.4 Å². The van der Waals surface area contributed by atoms with Crippen molar-refractivity contribution in [2.45, 2.75) is 64.7 Å². The van der Waals surface area contributed by atoms with E-state index in [1.165, 1.54) is 12.8 Å². The fraction of sp³-hybridized carbons (Fsp3) is 1.00. The summed E-state index contributed by atoms with van der Waals surface area (Å²) in [5, 5.41) is 3.77. The molecule has 0 aromatic rings. The fourth-order valence-electron chi connectivity index (χ4n) is 2.68. The molecule has 1 rings (SSSR count). The van der Waals surface area contributed by atoms with Crippen LogP contribution in [0.2, 0.25) is 0 Å². The Hall–Kier alpha value is 0.110. The summed E-state index contributed by atoms with van der Waals surface area (Å²) in [6.07, 6.45) is 4.91. The quantitative estimate of drug-likeness (QED) is 0.841. The van der Waals surface area contributed by atoms with Crippen molar-refractivity contribution in [3.05, 3.63) is 0 Å². The number of rotatable bonds is 4. The Labute approximate surface area is 109 Å². The summed E-state index contributed by atoms with van der Waals surface area (Å²) in [7, 11) is 1.32. The van der Waals surface area contributed by atoms with Gasteiger partial charge in [-0.3, -0.25) is 4.21 Å². The summed E-state index contributed by atoms with van der Waals surface area (Å²) in [6.45, 7) is 8.95. The van der Waals surface area contributed by atoms with Crippen molar-refractivity contribution >= 4 is 10.8 Å². The second kappa shape index (κ2) is 6.33. The predicted octanol–water partition coefficient (Wildman–Crippen LogP) is 2.95. The maximum Gasteiger partial charge on any atom is 0.0396 e. The van der Waals surface area contributed by atoms with Gasteiger partial charge < -0.3 is 5.32 Å². The molecular formula is C14H29NOS. The first-order chi connectivity index (χ1) is 7.84. The number of hydrogen-bond acceptors (Lipinski definition) is 2. The van der Waals surface area contributed by atoms with E-state index in [1.807, 2.05) is 7.05 Å². The predicted molar refractivity (Wildman–Crippen MR) is 76.7 cm³/mol. The highest BCUT2D eigenvalue weighted by molar-refractivity contribution is 7.85. The third kappa shape index (κ3) is 4.70. The van der Waals surface area contributed by atoms with E-state index in [-0.39, 0.29) is 5.41 Å². The Morgan fingerprint density at radius 2 is 2.00 bits per heavy atom. The van der Waals surface area contributed by atoms with E-state index in [1.54, 1.807) is 0 Å².